The number of aliphatic hydroxyl groups excluding tert-OH is 2. The van der Waals surface area contributed by atoms with Gasteiger partial charge in [0.05, 0.1) is 25.9 Å². The van der Waals surface area contributed by atoms with E-state index < -0.39 is 12.2 Å². The minimum absolute atomic E-state index is 0.0911. The summed E-state index contributed by atoms with van der Waals surface area (Å²) in [5, 5.41) is 22.0. The Morgan fingerprint density at radius 2 is 1.94 bits per heavy atom. The normalized spacial score (nSPS) is 13.8. The van der Waals surface area contributed by atoms with E-state index in [0.717, 1.165) is 5.56 Å². The van der Waals surface area contributed by atoms with Crippen molar-refractivity contribution in [1.29, 1.82) is 0 Å². The van der Waals surface area contributed by atoms with Crippen LogP contribution in [-0.4, -0.2) is 42.1 Å². The van der Waals surface area contributed by atoms with Crippen molar-refractivity contribution in [2.45, 2.75) is 18.8 Å². The van der Waals surface area contributed by atoms with Crippen LogP contribution < -0.4 is 5.32 Å². The zero-order valence-electron chi connectivity index (χ0n) is 10.2. The average Bonchev–Trinajstić information content (AvgIpc) is 2.40. The quantitative estimate of drug-likeness (QED) is 0.453. The van der Waals surface area contributed by atoms with Gasteiger partial charge in [0.1, 0.15) is 6.10 Å². The number of terminal acetylenes is 1. The first-order valence-electron chi connectivity index (χ1n) is 5.86. The van der Waals surface area contributed by atoms with E-state index in [1.165, 1.54) is 0 Å². The highest BCUT2D eigenvalue weighted by atomic mass is 16.5. The van der Waals surface area contributed by atoms with Crippen molar-refractivity contribution in [2.75, 3.05) is 19.7 Å². The summed E-state index contributed by atoms with van der Waals surface area (Å²) in [6, 6.07) is 9.66. The highest BCUT2D eigenvalue weighted by Crippen LogP contribution is 2.02. The van der Waals surface area contributed by atoms with Crippen molar-refractivity contribution < 1.29 is 14.9 Å². The summed E-state index contributed by atoms with van der Waals surface area (Å²) in [6.07, 6.45) is 3.26. The van der Waals surface area contributed by atoms with E-state index in [1.807, 2.05) is 30.3 Å². The van der Waals surface area contributed by atoms with Gasteiger partial charge < -0.3 is 20.3 Å². The first kappa shape index (κ1) is 14.7. The van der Waals surface area contributed by atoms with Crippen LogP contribution in [0.25, 0.3) is 0 Å². The van der Waals surface area contributed by atoms with Gasteiger partial charge in [-0.2, -0.15) is 0 Å². The van der Waals surface area contributed by atoms with Gasteiger partial charge in [-0.15, -0.1) is 6.42 Å². The number of benzene rings is 1. The maximum absolute atomic E-state index is 9.63. The third-order valence-electron chi connectivity index (χ3n) is 2.42. The zero-order chi connectivity index (χ0) is 13.2. The molecular weight excluding hydrogens is 230 g/mol. The summed E-state index contributed by atoms with van der Waals surface area (Å²) in [6.45, 7) is 1.13. The number of aliphatic hydroxyl groups is 2. The van der Waals surface area contributed by atoms with E-state index in [4.69, 9.17) is 11.2 Å². The molecule has 1 aromatic carbocycles. The fourth-order valence-electron chi connectivity index (χ4n) is 1.41. The lowest BCUT2D eigenvalue weighted by Gasteiger charge is -2.17. The van der Waals surface area contributed by atoms with Crippen molar-refractivity contribution >= 4 is 0 Å². The molecule has 0 spiro atoms. The van der Waals surface area contributed by atoms with Crippen LogP contribution in [0.2, 0.25) is 0 Å². The number of ether oxygens (including phenoxy) is 1. The molecule has 4 nitrogen and oxygen atoms in total. The van der Waals surface area contributed by atoms with Gasteiger partial charge in [-0.1, -0.05) is 36.3 Å². The monoisotopic (exact) mass is 249 g/mol. The van der Waals surface area contributed by atoms with Crippen molar-refractivity contribution in [1.82, 2.24) is 5.32 Å². The number of rotatable bonds is 8. The zero-order valence-corrected chi connectivity index (χ0v) is 10.2. The highest BCUT2D eigenvalue weighted by molar-refractivity contribution is 5.13. The molecule has 0 radical (unpaired) electrons. The van der Waals surface area contributed by atoms with Gasteiger partial charge in [-0.05, 0) is 5.56 Å². The van der Waals surface area contributed by atoms with E-state index in [1.54, 1.807) is 0 Å². The van der Waals surface area contributed by atoms with Crippen LogP contribution in [-0.2, 0) is 11.3 Å². The molecule has 1 aromatic rings. The summed E-state index contributed by atoms with van der Waals surface area (Å²) in [4.78, 5) is 0. The minimum Gasteiger partial charge on any atom is -0.389 e. The first-order valence-corrected chi connectivity index (χ1v) is 5.86. The molecular formula is C14H19NO3. The molecule has 0 unspecified atom stereocenters. The lowest BCUT2D eigenvalue weighted by molar-refractivity contribution is -0.0407. The fraction of sp³-hybridized carbons (Fsp3) is 0.429. The standard InChI is InChI=1S/C14H19NO3/c1-2-8-15-9-13(16)14(17)11-18-10-12-6-4-3-5-7-12/h1,3-7,13-17H,8-11H2/t13-,14-/m0/s1. The summed E-state index contributed by atoms with van der Waals surface area (Å²) >= 11 is 0. The lowest BCUT2D eigenvalue weighted by Crippen LogP contribution is -2.39. The second-order valence-corrected chi connectivity index (χ2v) is 3.97. The van der Waals surface area contributed by atoms with Crippen LogP contribution in [0.3, 0.4) is 0 Å². The third-order valence-corrected chi connectivity index (χ3v) is 2.42. The van der Waals surface area contributed by atoms with Crippen molar-refractivity contribution in [3.63, 3.8) is 0 Å². The average molecular weight is 249 g/mol. The fourth-order valence-corrected chi connectivity index (χ4v) is 1.41. The molecule has 1 rings (SSSR count). The Morgan fingerprint density at radius 1 is 1.22 bits per heavy atom. The second kappa shape index (κ2) is 8.67. The molecule has 0 saturated carbocycles. The number of nitrogens with one attached hydrogen (secondary N) is 1. The topological polar surface area (TPSA) is 61.7 Å². The predicted octanol–water partition coefficient (Wildman–Crippen LogP) is 0.148. The summed E-state index contributed by atoms with van der Waals surface area (Å²) in [5.41, 5.74) is 1.03. The minimum atomic E-state index is -0.918. The van der Waals surface area contributed by atoms with Crippen molar-refractivity contribution in [2.24, 2.45) is 0 Å². The van der Waals surface area contributed by atoms with E-state index >= 15 is 0 Å². The van der Waals surface area contributed by atoms with Gasteiger partial charge in [0.15, 0.2) is 0 Å². The van der Waals surface area contributed by atoms with E-state index in [9.17, 15) is 10.2 Å². The molecule has 0 saturated heterocycles. The Kier molecular flexibility index (Phi) is 7.07. The molecule has 3 N–H and O–H groups in total. The number of hydrogen-bond acceptors (Lipinski definition) is 4. The summed E-state index contributed by atoms with van der Waals surface area (Å²) < 4.78 is 5.33. The predicted molar refractivity (Wildman–Crippen MR) is 69.8 cm³/mol. The van der Waals surface area contributed by atoms with Gasteiger partial charge in [-0.3, -0.25) is 0 Å². The van der Waals surface area contributed by atoms with E-state index in [0.29, 0.717) is 13.2 Å². The summed E-state index contributed by atoms with van der Waals surface area (Å²) in [7, 11) is 0. The van der Waals surface area contributed by atoms with E-state index in [2.05, 4.69) is 11.2 Å². The molecule has 0 heterocycles. The largest absolute Gasteiger partial charge is 0.389 e. The van der Waals surface area contributed by atoms with Crippen molar-refractivity contribution in [3.05, 3.63) is 35.9 Å². The van der Waals surface area contributed by atoms with Gasteiger partial charge in [0, 0.05) is 6.54 Å². The maximum atomic E-state index is 9.63. The molecule has 0 aliphatic rings. The van der Waals surface area contributed by atoms with Gasteiger partial charge >= 0.3 is 0 Å². The van der Waals surface area contributed by atoms with Crippen LogP contribution in [0.5, 0.6) is 0 Å². The van der Waals surface area contributed by atoms with Crippen molar-refractivity contribution in [3.8, 4) is 12.3 Å². The van der Waals surface area contributed by atoms with Crippen LogP contribution >= 0.6 is 0 Å². The molecule has 4 heteroatoms. The Hall–Kier alpha value is -1.38. The number of hydrogen-bond donors (Lipinski definition) is 3. The molecule has 18 heavy (non-hydrogen) atoms. The third kappa shape index (κ3) is 5.80. The van der Waals surface area contributed by atoms with Crippen LogP contribution in [0.4, 0.5) is 0 Å². The van der Waals surface area contributed by atoms with Crippen LogP contribution in [0.15, 0.2) is 30.3 Å². The molecule has 0 aromatic heterocycles. The van der Waals surface area contributed by atoms with Gasteiger partial charge in [0.2, 0.25) is 0 Å². The van der Waals surface area contributed by atoms with Gasteiger partial charge in [0.25, 0.3) is 0 Å². The van der Waals surface area contributed by atoms with E-state index in [-0.39, 0.29) is 13.2 Å². The molecule has 0 bridgehead atoms. The smallest absolute Gasteiger partial charge is 0.104 e. The Morgan fingerprint density at radius 3 is 2.61 bits per heavy atom. The Labute approximate surface area is 108 Å². The molecule has 0 amide bonds. The molecule has 98 valence electrons. The molecule has 0 fully saturated rings. The maximum Gasteiger partial charge on any atom is 0.104 e. The Balaban J connectivity index is 2.16. The molecule has 0 aliphatic heterocycles. The Bertz CT molecular complexity index is 361. The lowest BCUT2D eigenvalue weighted by atomic mass is 10.2. The van der Waals surface area contributed by atoms with Crippen LogP contribution in [0.1, 0.15) is 5.56 Å². The first-order chi connectivity index (χ1) is 8.74. The summed E-state index contributed by atoms with van der Waals surface area (Å²) in [5.74, 6) is 2.39. The van der Waals surface area contributed by atoms with Crippen LogP contribution in [0, 0.1) is 12.3 Å². The van der Waals surface area contributed by atoms with Gasteiger partial charge in [-0.25, -0.2) is 0 Å². The molecule has 2 atom stereocenters. The second-order valence-electron chi connectivity index (χ2n) is 3.97. The highest BCUT2D eigenvalue weighted by Gasteiger charge is 2.15. The SMILES string of the molecule is C#CCNC[C@H](O)[C@@H](O)COCc1ccccc1. The molecule has 0 aliphatic carbocycles.